The van der Waals surface area contributed by atoms with Gasteiger partial charge < -0.3 is 10.3 Å². The number of hydrogen-bond acceptors (Lipinski definition) is 1. The molecular weight excluding hydrogens is 320 g/mol. The highest BCUT2D eigenvalue weighted by molar-refractivity contribution is 6.18. The maximum absolute atomic E-state index is 13.5. The van der Waals surface area contributed by atoms with Crippen molar-refractivity contribution in [2.75, 3.05) is 5.32 Å². The molecule has 0 radical (unpaired) electrons. The minimum atomic E-state index is -0.785. The Morgan fingerprint density at radius 1 is 0.885 bits per heavy atom. The van der Waals surface area contributed by atoms with Gasteiger partial charge in [0.1, 0.15) is 5.41 Å². The molecule has 1 unspecified atom stereocenters. The van der Waals surface area contributed by atoms with Crippen molar-refractivity contribution in [3.8, 4) is 11.3 Å². The highest BCUT2D eigenvalue weighted by atomic mass is 16.2. The fraction of sp³-hybridized carbons (Fsp3) is 0.0870. The van der Waals surface area contributed by atoms with E-state index in [1.54, 1.807) is 0 Å². The van der Waals surface area contributed by atoms with Gasteiger partial charge >= 0.3 is 0 Å². The minimum Gasteiger partial charge on any atom is -0.354 e. The summed E-state index contributed by atoms with van der Waals surface area (Å²) in [6.07, 6.45) is 0. The molecule has 4 aromatic rings. The monoisotopic (exact) mass is 336 g/mol. The summed E-state index contributed by atoms with van der Waals surface area (Å²) in [7, 11) is 0. The Kier molecular flexibility index (Phi) is 2.37. The summed E-state index contributed by atoms with van der Waals surface area (Å²) in [6.45, 7) is 2.08. The number of aromatic nitrogens is 1. The van der Waals surface area contributed by atoms with Gasteiger partial charge in [-0.25, -0.2) is 0 Å². The highest BCUT2D eigenvalue weighted by Crippen LogP contribution is 2.58. The van der Waals surface area contributed by atoms with Gasteiger partial charge in [0.15, 0.2) is 0 Å². The topological polar surface area (TPSA) is 44.9 Å². The Balaban J connectivity index is 1.86. The Morgan fingerprint density at radius 3 is 2.62 bits per heavy atom. The third kappa shape index (κ3) is 1.40. The van der Waals surface area contributed by atoms with Crippen LogP contribution in [0.2, 0.25) is 0 Å². The van der Waals surface area contributed by atoms with Gasteiger partial charge in [0.25, 0.3) is 0 Å². The van der Waals surface area contributed by atoms with Gasteiger partial charge in [0.2, 0.25) is 5.91 Å². The normalized spacial score (nSPS) is 19.5. The van der Waals surface area contributed by atoms with Crippen LogP contribution in [0.3, 0.4) is 0 Å². The predicted molar refractivity (Wildman–Crippen MR) is 103 cm³/mol. The van der Waals surface area contributed by atoms with Crippen LogP contribution in [0.5, 0.6) is 0 Å². The number of anilines is 1. The summed E-state index contributed by atoms with van der Waals surface area (Å²) in [4.78, 5) is 17.1. The van der Waals surface area contributed by atoms with E-state index in [1.807, 2.05) is 30.3 Å². The predicted octanol–water partition coefficient (Wildman–Crippen LogP) is 4.74. The van der Waals surface area contributed by atoms with Crippen LogP contribution in [0.4, 0.5) is 5.69 Å². The van der Waals surface area contributed by atoms with E-state index in [9.17, 15) is 4.79 Å². The number of benzene rings is 3. The lowest BCUT2D eigenvalue weighted by Gasteiger charge is -2.25. The van der Waals surface area contributed by atoms with Crippen molar-refractivity contribution in [3.05, 3.63) is 89.0 Å². The number of aromatic amines is 1. The second kappa shape index (κ2) is 4.44. The van der Waals surface area contributed by atoms with Gasteiger partial charge in [0.05, 0.1) is 5.69 Å². The number of para-hydroxylation sites is 1. The van der Waals surface area contributed by atoms with E-state index in [1.165, 1.54) is 0 Å². The first kappa shape index (κ1) is 13.9. The van der Waals surface area contributed by atoms with Gasteiger partial charge in [-0.05, 0) is 24.6 Å². The molecule has 1 spiro atoms. The van der Waals surface area contributed by atoms with Gasteiger partial charge in [0, 0.05) is 33.3 Å². The summed E-state index contributed by atoms with van der Waals surface area (Å²) in [6, 6.07) is 22.7. The Bertz CT molecular complexity index is 1250. The maximum atomic E-state index is 13.5. The van der Waals surface area contributed by atoms with Crippen molar-refractivity contribution in [1.29, 1.82) is 0 Å². The Hall–Kier alpha value is -3.33. The quantitative estimate of drug-likeness (QED) is 0.478. The maximum Gasteiger partial charge on any atom is 0.244 e. The molecule has 0 saturated heterocycles. The van der Waals surface area contributed by atoms with Gasteiger partial charge in [-0.1, -0.05) is 60.2 Å². The van der Waals surface area contributed by atoms with Crippen molar-refractivity contribution < 1.29 is 4.79 Å². The summed E-state index contributed by atoms with van der Waals surface area (Å²) >= 11 is 0. The molecule has 1 amide bonds. The second-order valence-electron chi connectivity index (χ2n) is 7.22. The van der Waals surface area contributed by atoms with Gasteiger partial charge in [-0.3, -0.25) is 4.79 Å². The van der Waals surface area contributed by atoms with Crippen LogP contribution < -0.4 is 5.32 Å². The molecule has 3 nitrogen and oxygen atoms in total. The van der Waals surface area contributed by atoms with E-state index in [2.05, 4.69) is 53.6 Å². The highest BCUT2D eigenvalue weighted by Gasteiger charge is 2.56. The number of rotatable bonds is 0. The van der Waals surface area contributed by atoms with E-state index in [0.29, 0.717) is 0 Å². The number of fused-ring (bicyclic) bond motifs is 9. The fourth-order valence-electron chi connectivity index (χ4n) is 4.83. The number of carbonyl (C=O) groups excluding carboxylic acids is 1. The molecule has 124 valence electrons. The molecule has 1 atom stereocenters. The van der Waals surface area contributed by atoms with Crippen LogP contribution in [0.25, 0.3) is 22.2 Å². The Labute approximate surface area is 150 Å². The molecule has 6 rings (SSSR count). The van der Waals surface area contributed by atoms with Gasteiger partial charge in [-0.15, -0.1) is 0 Å². The smallest absolute Gasteiger partial charge is 0.244 e. The largest absolute Gasteiger partial charge is 0.354 e. The summed E-state index contributed by atoms with van der Waals surface area (Å²) < 4.78 is 0. The van der Waals surface area contributed by atoms with Crippen molar-refractivity contribution >= 4 is 22.5 Å². The van der Waals surface area contributed by atoms with Crippen LogP contribution in [0.15, 0.2) is 66.7 Å². The third-order valence-electron chi connectivity index (χ3n) is 5.85. The average molecular weight is 336 g/mol. The molecule has 1 aliphatic carbocycles. The SMILES string of the molecule is Cc1ccc2c(c1)C1(C(=O)N2)c2ccccc2-c2[nH]c3ccccc3c21. The zero-order valence-corrected chi connectivity index (χ0v) is 14.3. The van der Waals surface area contributed by atoms with Crippen LogP contribution in [-0.4, -0.2) is 10.9 Å². The van der Waals surface area contributed by atoms with Crippen LogP contribution in [-0.2, 0) is 10.2 Å². The van der Waals surface area contributed by atoms with Crippen LogP contribution >= 0.6 is 0 Å². The van der Waals surface area contributed by atoms with E-state index < -0.39 is 5.41 Å². The molecule has 2 aliphatic rings. The molecule has 1 aromatic heterocycles. The van der Waals surface area contributed by atoms with E-state index in [-0.39, 0.29) is 5.91 Å². The van der Waals surface area contributed by atoms with Crippen molar-refractivity contribution in [1.82, 2.24) is 4.98 Å². The second-order valence-corrected chi connectivity index (χ2v) is 7.22. The molecule has 3 heteroatoms. The zero-order valence-electron chi connectivity index (χ0n) is 14.3. The first-order valence-corrected chi connectivity index (χ1v) is 8.85. The number of H-pyrrole nitrogens is 1. The summed E-state index contributed by atoms with van der Waals surface area (Å²) in [5, 5.41) is 4.25. The van der Waals surface area contributed by atoms with E-state index in [0.717, 1.165) is 50.1 Å². The molecule has 1 aliphatic heterocycles. The summed E-state index contributed by atoms with van der Waals surface area (Å²) in [5.41, 5.74) is 7.73. The lowest BCUT2D eigenvalue weighted by molar-refractivity contribution is -0.118. The van der Waals surface area contributed by atoms with E-state index in [4.69, 9.17) is 0 Å². The number of carbonyl (C=O) groups is 1. The third-order valence-corrected chi connectivity index (χ3v) is 5.85. The Morgan fingerprint density at radius 2 is 1.69 bits per heavy atom. The lowest BCUT2D eigenvalue weighted by Crippen LogP contribution is -2.35. The number of hydrogen-bond donors (Lipinski definition) is 2. The molecule has 3 aromatic carbocycles. The fourth-order valence-corrected chi connectivity index (χ4v) is 4.83. The standard InChI is InChI=1S/C23H16N2O/c1-13-10-11-19-17(12-13)23(22(26)25-19)16-8-4-2-6-14(16)21-20(23)15-7-3-5-9-18(15)24-21/h2-12,24H,1H3,(H,25,26). The first-order chi connectivity index (χ1) is 12.7. The molecule has 0 fully saturated rings. The van der Waals surface area contributed by atoms with Crippen molar-refractivity contribution in [3.63, 3.8) is 0 Å². The summed E-state index contributed by atoms with van der Waals surface area (Å²) in [5.74, 6) is 0.0362. The molecule has 26 heavy (non-hydrogen) atoms. The molecular formula is C23H16N2O. The number of nitrogens with one attached hydrogen (secondary N) is 2. The zero-order chi connectivity index (χ0) is 17.5. The van der Waals surface area contributed by atoms with Crippen molar-refractivity contribution in [2.24, 2.45) is 0 Å². The first-order valence-electron chi connectivity index (χ1n) is 8.85. The number of amides is 1. The van der Waals surface area contributed by atoms with Crippen LogP contribution in [0, 0.1) is 6.92 Å². The molecule has 2 N–H and O–H groups in total. The van der Waals surface area contributed by atoms with Gasteiger partial charge in [-0.2, -0.15) is 0 Å². The molecule has 2 heterocycles. The number of aryl methyl sites for hydroxylation is 1. The molecule has 0 bridgehead atoms. The minimum absolute atomic E-state index is 0.0362. The van der Waals surface area contributed by atoms with Crippen molar-refractivity contribution in [2.45, 2.75) is 12.3 Å². The lowest BCUT2D eigenvalue weighted by atomic mass is 9.72. The van der Waals surface area contributed by atoms with Crippen LogP contribution in [0.1, 0.15) is 22.3 Å². The van der Waals surface area contributed by atoms with E-state index >= 15 is 0 Å². The molecule has 0 saturated carbocycles. The average Bonchev–Trinajstić information content (AvgIpc) is 3.26.